The standard InChI is InChI=1S/C21H23N3O2/c25-20-16-8-4-5-9-17(16)21(26)24(20)15-10-11-19-18(12-15)22-13-23(19)14-6-2-1-3-7-14/h4-5,10-14,16-17H,1-3,6-9H2/t16-,17-/m1/s1. The predicted octanol–water partition coefficient (Wildman–Crippen LogP) is 4.00. The number of hydrogen-bond acceptors (Lipinski definition) is 3. The maximum absolute atomic E-state index is 12.8. The van der Waals surface area contributed by atoms with Gasteiger partial charge in [0, 0.05) is 6.04 Å². The molecule has 5 nitrogen and oxygen atoms in total. The number of nitrogens with zero attached hydrogens (tertiary/aromatic N) is 3. The highest BCUT2D eigenvalue weighted by molar-refractivity contribution is 6.22. The van der Waals surface area contributed by atoms with Crippen LogP contribution in [0.5, 0.6) is 0 Å². The maximum Gasteiger partial charge on any atom is 0.238 e. The average molecular weight is 349 g/mol. The number of benzene rings is 1. The summed E-state index contributed by atoms with van der Waals surface area (Å²) in [5.41, 5.74) is 2.62. The van der Waals surface area contributed by atoms with Crippen molar-refractivity contribution >= 4 is 28.5 Å². The third kappa shape index (κ3) is 2.33. The molecule has 1 saturated heterocycles. The lowest BCUT2D eigenvalue weighted by molar-refractivity contribution is -0.122. The topological polar surface area (TPSA) is 55.2 Å². The summed E-state index contributed by atoms with van der Waals surface area (Å²) in [7, 11) is 0. The van der Waals surface area contributed by atoms with Gasteiger partial charge in [-0.25, -0.2) is 9.88 Å². The summed E-state index contributed by atoms with van der Waals surface area (Å²) in [4.78, 5) is 31.5. The molecular weight excluding hydrogens is 326 g/mol. The van der Waals surface area contributed by atoms with Crippen LogP contribution in [0.2, 0.25) is 0 Å². The van der Waals surface area contributed by atoms with E-state index in [9.17, 15) is 9.59 Å². The zero-order valence-electron chi connectivity index (χ0n) is 14.8. The van der Waals surface area contributed by atoms with Crippen LogP contribution in [0, 0.1) is 11.8 Å². The Hall–Kier alpha value is -2.43. The molecule has 5 heteroatoms. The minimum atomic E-state index is -0.192. The van der Waals surface area contributed by atoms with Crippen LogP contribution < -0.4 is 4.90 Å². The van der Waals surface area contributed by atoms with Crippen molar-refractivity contribution in [1.29, 1.82) is 0 Å². The largest absolute Gasteiger partial charge is 0.327 e. The second-order valence-electron chi connectivity index (χ2n) is 7.78. The van der Waals surface area contributed by atoms with E-state index in [1.807, 2.05) is 36.7 Å². The van der Waals surface area contributed by atoms with Gasteiger partial charge in [0.15, 0.2) is 0 Å². The van der Waals surface area contributed by atoms with Gasteiger partial charge in [0.2, 0.25) is 11.8 Å². The molecule has 0 spiro atoms. The van der Waals surface area contributed by atoms with E-state index in [2.05, 4.69) is 9.55 Å². The number of allylic oxidation sites excluding steroid dienone is 2. The minimum Gasteiger partial charge on any atom is -0.327 e. The van der Waals surface area contributed by atoms with E-state index in [1.54, 1.807) is 0 Å². The summed E-state index contributed by atoms with van der Waals surface area (Å²) in [5, 5.41) is 0. The first-order valence-corrected chi connectivity index (χ1v) is 9.73. The average Bonchev–Trinajstić information content (AvgIpc) is 3.22. The summed E-state index contributed by atoms with van der Waals surface area (Å²) >= 11 is 0. The summed E-state index contributed by atoms with van der Waals surface area (Å²) in [6, 6.07) is 6.34. The normalized spacial score (nSPS) is 26.7. The van der Waals surface area contributed by atoms with E-state index in [0.29, 0.717) is 24.6 Å². The first-order valence-electron chi connectivity index (χ1n) is 9.73. The molecule has 1 aromatic heterocycles. The van der Waals surface area contributed by atoms with Gasteiger partial charge < -0.3 is 4.57 Å². The molecule has 26 heavy (non-hydrogen) atoms. The van der Waals surface area contributed by atoms with Crippen LogP contribution in [0.25, 0.3) is 11.0 Å². The number of imidazole rings is 1. The molecule has 1 aromatic carbocycles. The van der Waals surface area contributed by atoms with Crippen LogP contribution in [-0.4, -0.2) is 21.4 Å². The van der Waals surface area contributed by atoms with E-state index in [1.165, 1.54) is 37.0 Å². The minimum absolute atomic E-state index is 0.0598. The number of carbonyl (C=O) groups excluding carboxylic acids is 2. The molecule has 2 heterocycles. The van der Waals surface area contributed by atoms with Crippen LogP contribution in [0.15, 0.2) is 36.7 Å². The number of amides is 2. The van der Waals surface area contributed by atoms with Crippen LogP contribution in [0.1, 0.15) is 51.0 Å². The number of rotatable bonds is 2. The summed E-state index contributed by atoms with van der Waals surface area (Å²) in [6.45, 7) is 0. The van der Waals surface area contributed by atoms with Crippen molar-refractivity contribution in [2.45, 2.75) is 51.0 Å². The van der Waals surface area contributed by atoms with E-state index < -0.39 is 0 Å². The van der Waals surface area contributed by atoms with E-state index in [-0.39, 0.29) is 23.7 Å². The third-order valence-electron chi connectivity index (χ3n) is 6.29. The highest BCUT2D eigenvalue weighted by atomic mass is 16.2. The van der Waals surface area contributed by atoms with Crippen LogP contribution in [0.3, 0.4) is 0 Å². The molecule has 5 rings (SSSR count). The molecule has 2 aliphatic carbocycles. The molecule has 0 N–H and O–H groups in total. The lowest BCUT2D eigenvalue weighted by Crippen LogP contribution is -2.30. The molecule has 3 aliphatic rings. The molecule has 134 valence electrons. The fraction of sp³-hybridized carbons (Fsp3) is 0.476. The van der Waals surface area contributed by atoms with Gasteiger partial charge in [0.05, 0.1) is 34.9 Å². The molecule has 1 saturated carbocycles. The zero-order chi connectivity index (χ0) is 17.7. The number of fused-ring (bicyclic) bond motifs is 2. The third-order valence-corrected chi connectivity index (χ3v) is 6.29. The first kappa shape index (κ1) is 15.8. The molecule has 2 aromatic rings. The molecular formula is C21H23N3O2. The Morgan fingerprint density at radius 2 is 1.62 bits per heavy atom. The molecule has 0 bridgehead atoms. The second kappa shape index (κ2) is 6.08. The van der Waals surface area contributed by atoms with Gasteiger partial charge in [0.1, 0.15) is 0 Å². The summed E-state index contributed by atoms with van der Waals surface area (Å²) < 4.78 is 2.27. The first-order chi connectivity index (χ1) is 12.7. The lowest BCUT2D eigenvalue weighted by atomic mass is 9.85. The van der Waals surface area contributed by atoms with Gasteiger partial charge in [-0.15, -0.1) is 0 Å². The van der Waals surface area contributed by atoms with Crippen molar-refractivity contribution in [3.8, 4) is 0 Å². The number of aromatic nitrogens is 2. The molecule has 2 atom stereocenters. The van der Waals surface area contributed by atoms with E-state index in [0.717, 1.165) is 11.0 Å². The van der Waals surface area contributed by atoms with Gasteiger partial charge in [0.25, 0.3) is 0 Å². The Kier molecular flexibility index (Phi) is 3.69. The quantitative estimate of drug-likeness (QED) is 0.608. The van der Waals surface area contributed by atoms with Gasteiger partial charge in [-0.1, -0.05) is 31.4 Å². The Bertz CT molecular complexity index is 881. The maximum atomic E-state index is 12.8. The van der Waals surface area contributed by atoms with Gasteiger partial charge in [-0.05, 0) is 43.9 Å². The summed E-state index contributed by atoms with van der Waals surface area (Å²) in [5.74, 6) is -0.503. The SMILES string of the molecule is O=C1[C@@H]2CC=CC[C@H]2C(=O)N1c1ccc2c(c1)ncn2C1CCCCC1. The Labute approximate surface area is 152 Å². The van der Waals surface area contributed by atoms with Crippen LogP contribution >= 0.6 is 0 Å². The highest BCUT2D eigenvalue weighted by Gasteiger charge is 2.47. The fourth-order valence-corrected chi connectivity index (χ4v) is 4.86. The monoisotopic (exact) mass is 349 g/mol. The smallest absolute Gasteiger partial charge is 0.238 e. The number of hydrogen-bond donors (Lipinski definition) is 0. The van der Waals surface area contributed by atoms with Crippen molar-refractivity contribution in [2.24, 2.45) is 11.8 Å². The highest BCUT2D eigenvalue weighted by Crippen LogP contribution is 2.38. The Balaban J connectivity index is 1.49. The van der Waals surface area contributed by atoms with Crippen molar-refractivity contribution in [3.05, 3.63) is 36.7 Å². The summed E-state index contributed by atoms with van der Waals surface area (Å²) in [6.07, 6.45) is 13.6. The number of imide groups is 1. The number of carbonyl (C=O) groups is 2. The van der Waals surface area contributed by atoms with Gasteiger partial charge >= 0.3 is 0 Å². The molecule has 2 amide bonds. The van der Waals surface area contributed by atoms with Crippen molar-refractivity contribution < 1.29 is 9.59 Å². The Morgan fingerprint density at radius 1 is 0.923 bits per heavy atom. The molecule has 0 unspecified atom stereocenters. The van der Waals surface area contributed by atoms with Crippen LogP contribution in [-0.2, 0) is 9.59 Å². The molecule has 1 aliphatic heterocycles. The predicted molar refractivity (Wildman–Crippen MR) is 99.7 cm³/mol. The van der Waals surface area contributed by atoms with Crippen LogP contribution in [0.4, 0.5) is 5.69 Å². The molecule has 0 radical (unpaired) electrons. The Morgan fingerprint density at radius 3 is 2.31 bits per heavy atom. The second-order valence-corrected chi connectivity index (χ2v) is 7.78. The van der Waals surface area contributed by atoms with E-state index in [4.69, 9.17) is 0 Å². The van der Waals surface area contributed by atoms with E-state index >= 15 is 0 Å². The van der Waals surface area contributed by atoms with Gasteiger partial charge in [-0.2, -0.15) is 0 Å². The van der Waals surface area contributed by atoms with Crippen molar-refractivity contribution in [1.82, 2.24) is 9.55 Å². The van der Waals surface area contributed by atoms with Crippen molar-refractivity contribution in [2.75, 3.05) is 4.90 Å². The lowest BCUT2D eigenvalue weighted by Gasteiger charge is -2.23. The van der Waals surface area contributed by atoms with Gasteiger partial charge in [-0.3, -0.25) is 9.59 Å². The molecule has 2 fully saturated rings. The number of anilines is 1. The van der Waals surface area contributed by atoms with Crippen molar-refractivity contribution in [3.63, 3.8) is 0 Å². The fourth-order valence-electron chi connectivity index (χ4n) is 4.86. The zero-order valence-corrected chi connectivity index (χ0v) is 14.8.